The van der Waals surface area contributed by atoms with Gasteiger partial charge in [-0.3, -0.25) is 9.20 Å². The first-order chi connectivity index (χ1) is 14.2. The fraction of sp³-hybridized carbons (Fsp3) is 0.0870. The number of nitrogens with one attached hydrogen (secondary N) is 1. The first kappa shape index (κ1) is 18.4. The van der Waals surface area contributed by atoms with E-state index in [0.717, 1.165) is 28.3 Å². The van der Waals surface area contributed by atoms with E-state index in [2.05, 4.69) is 15.3 Å². The van der Waals surface area contributed by atoms with Crippen molar-refractivity contribution < 1.29 is 9.53 Å². The molecule has 0 aliphatic carbocycles. The number of ether oxygens (including phenoxy) is 1. The summed E-state index contributed by atoms with van der Waals surface area (Å²) in [5.41, 5.74) is 3.44. The van der Waals surface area contributed by atoms with Crippen molar-refractivity contribution >= 4 is 23.4 Å². The lowest BCUT2D eigenvalue weighted by Gasteiger charge is -2.04. The third-order valence-electron chi connectivity index (χ3n) is 4.30. The van der Waals surface area contributed by atoms with Crippen LogP contribution in [0.5, 0.6) is 5.75 Å². The Morgan fingerprint density at radius 1 is 1.14 bits per heavy atom. The van der Waals surface area contributed by atoms with Crippen LogP contribution in [0.2, 0.25) is 0 Å². The van der Waals surface area contributed by atoms with E-state index in [9.17, 15) is 4.79 Å². The van der Waals surface area contributed by atoms with Crippen molar-refractivity contribution in [3.63, 3.8) is 0 Å². The molecule has 0 aliphatic rings. The van der Waals surface area contributed by atoms with Gasteiger partial charge in [0.2, 0.25) is 11.7 Å². The van der Waals surface area contributed by atoms with Crippen molar-refractivity contribution in [3.8, 4) is 17.0 Å². The molecular weight excluding hydrogens is 364 g/mol. The lowest BCUT2D eigenvalue weighted by atomic mass is 10.1. The van der Waals surface area contributed by atoms with Crippen LogP contribution in [0, 0.1) is 0 Å². The van der Waals surface area contributed by atoms with Gasteiger partial charge in [-0.05, 0) is 48.9 Å². The summed E-state index contributed by atoms with van der Waals surface area (Å²) < 4.78 is 7.28. The molecule has 144 valence electrons. The van der Waals surface area contributed by atoms with Crippen LogP contribution in [0.15, 0.2) is 79.3 Å². The largest absolute Gasteiger partial charge is 0.494 e. The van der Waals surface area contributed by atoms with E-state index in [4.69, 9.17) is 4.74 Å². The van der Waals surface area contributed by atoms with E-state index < -0.39 is 0 Å². The van der Waals surface area contributed by atoms with Crippen molar-refractivity contribution in [2.24, 2.45) is 0 Å². The van der Waals surface area contributed by atoms with Gasteiger partial charge < -0.3 is 10.1 Å². The number of hydrogen-bond acceptors (Lipinski definition) is 4. The molecule has 0 unspecified atom stereocenters. The summed E-state index contributed by atoms with van der Waals surface area (Å²) in [7, 11) is 0. The van der Waals surface area contributed by atoms with Gasteiger partial charge >= 0.3 is 0 Å². The normalized spacial score (nSPS) is 11.1. The Balaban J connectivity index is 1.39. The maximum Gasteiger partial charge on any atom is 0.248 e. The maximum atomic E-state index is 12.2. The molecule has 0 atom stereocenters. The number of rotatable bonds is 6. The van der Waals surface area contributed by atoms with Gasteiger partial charge in [-0.1, -0.05) is 24.3 Å². The molecule has 2 heterocycles. The van der Waals surface area contributed by atoms with Crippen LogP contribution in [0.1, 0.15) is 12.5 Å². The third-order valence-corrected chi connectivity index (χ3v) is 4.30. The zero-order chi connectivity index (χ0) is 20.1. The SMILES string of the molecule is CCOc1ccc(C=CC(=O)Nc2ccc(-c3cn4cccnc4n3)cc2)cc1. The lowest BCUT2D eigenvalue weighted by molar-refractivity contribution is -0.111. The van der Waals surface area contributed by atoms with E-state index >= 15 is 0 Å². The minimum Gasteiger partial charge on any atom is -0.494 e. The number of fused-ring (bicyclic) bond motifs is 1. The molecule has 6 heteroatoms. The number of anilines is 1. The van der Waals surface area contributed by atoms with Gasteiger partial charge in [0.25, 0.3) is 0 Å². The van der Waals surface area contributed by atoms with E-state index in [1.165, 1.54) is 6.08 Å². The number of benzene rings is 2. The molecule has 6 nitrogen and oxygen atoms in total. The molecule has 4 aromatic rings. The fourth-order valence-corrected chi connectivity index (χ4v) is 2.89. The Morgan fingerprint density at radius 2 is 1.93 bits per heavy atom. The van der Waals surface area contributed by atoms with Crippen LogP contribution < -0.4 is 10.1 Å². The Labute approximate surface area is 168 Å². The van der Waals surface area contributed by atoms with Crippen molar-refractivity contribution in [2.75, 3.05) is 11.9 Å². The zero-order valence-corrected chi connectivity index (χ0v) is 15.9. The molecule has 0 saturated carbocycles. The molecule has 0 radical (unpaired) electrons. The molecule has 0 fully saturated rings. The number of aromatic nitrogens is 3. The molecule has 0 bridgehead atoms. The second kappa shape index (κ2) is 8.39. The molecular formula is C23H20N4O2. The summed E-state index contributed by atoms with van der Waals surface area (Å²) in [6.45, 7) is 2.57. The average Bonchev–Trinajstić information content (AvgIpc) is 3.18. The highest BCUT2D eigenvalue weighted by Gasteiger charge is 2.05. The summed E-state index contributed by atoms with van der Waals surface area (Å²) in [6.07, 6.45) is 8.83. The number of carbonyl (C=O) groups is 1. The van der Waals surface area contributed by atoms with E-state index in [-0.39, 0.29) is 5.91 Å². The summed E-state index contributed by atoms with van der Waals surface area (Å²) in [5.74, 6) is 1.28. The van der Waals surface area contributed by atoms with Crippen molar-refractivity contribution in [2.45, 2.75) is 6.92 Å². The summed E-state index contributed by atoms with van der Waals surface area (Å²) in [6, 6.07) is 17.0. The summed E-state index contributed by atoms with van der Waals surface area (Å²) in [4.78, 5) is 20.9. The number of hydrogen-bond donors (Lipinski definition) is 1. The molecule has 4 rings (SSSR count). The second-order valence-electron chi connectivity index (χ2n) is 6.36. The molecule has 0 saturated heterocycles. The smallest absolute Gasteiger partial charge is 0.248 e. The van der Waals surface area contributed by atoms with Crippen LogP contribution >= 0.6 is 0 Å². The summed E-state index contributed by atoms with van der Waals surface area (Å²) >= 11 is 0. The van der Waals surface area contributed by atoms with Gasteiger partial charge in [-0.25, -0.2) is 9.97 Å². The molecule has 29 heavy (non-hydrogen) atoms. The number of carbonyl (C=O) groups excluding carboxylic acids is 1. The van der Waals surface area contributed by atoms with Crippen molar-refractivity contribution in [1.82, 2.24) is 14.4 Å². The van der Waals surface area contributed by atoms with Crippen molar-refractivity contribution in [3.05, 3.63) is 84.8 Å². The Hall–Kier alpha value is -3.93. The highest BCUT2D eigenvalue weighted by molar-refractivity contribution is 6.02. The average molecular weight is 384 g/mol. The third kappa shape index (κ3) is 4.50. The number of nitrogens with zero attached hydrogens (tertiary/aromatic N) is 3. The molecule has 1 N–H and O–H groups in total. The first-order valence-corrected chi connectivity index (χ1v) is 9.33. The van der Waals surface area contributed by atoms with Gasteiger partial charge in [-0.15, -0.1) is 0 Å². The van der Waals surface area contributed by atoms with Crippen LogP contribution in [0.3, 0.4) is 0 Å². The lowest BCUT2D eigenvalue weighted by Crippen LogP contribution is -2.07. The number of amides is 1. The molecule has 2 aromatic heterocycles. The van der Waals surface area contributed by atoms with Gasteiger partial charge in [0.1, 0.15) is 5.75 Å². The quantitative estimate of drug-likeness (QED) is 0.499. The highest BCUT2D eigenvalue weighted by Crippen LogP contribution is 2.21. The van der Waals surface area contributed by atoms with Crippen LogP contribution in [0.4, 0.5) is 5.69 Å². The Morgan fingerprint density at radius 3 is 2.66 bits per heavy atom. The second-order valence-corrected chi connectivity index (χ2v) is 6.36. The summed E-state index contributed by atoms with van der Waals surface area (Å²) in [5, 5.41) is 2.86. The number of imidazole rings is 1. The predicted octanol–water partition coefficient (Wildman–Crippen LogP) is 4.45. The Bertz CT molecular complexity index is 1110. The topological polar surface area (TPSA) is 68.5 Å². The standard InChI is InChI=1S/C23H20N4O2/c1-2-29-20-11-4-17(5-12-20)6-13-22(28)25-19-9-7-18(8-10-19)21-16-27-15-3-14-24-23(27)26-21/h3-16H,2H2,1H3,(H,25,28). The van der Waals surface area contributed by atoms with Crippen LogP contribution in [0.25, 0.3) is 23.1 Å². The van der Waals surface area contributed by atoms with Crippen LogP contribution in [-0.2, 0) is 4.79 Å². The predicted molar refractivity (Wildman–Crippen MR) is 114 cm³/mol. The first-order valence-electron chi connectivity index (χ1n) is 9.33. The van der Waals surface area contributed by atoms with Gasteiger partial charge in [0, 0.05) is 35.9 Å². The Kier molecular flexibility index (Phi) is 5.33. The molecule has 1 amide bonds. The van der Waals surface area contributed by atoms with Gasteiger partial charge in [0.15, 0.2) is 0 Å². The van der Waals surface area contributed by atoms with Crippen LogP contribution in [-0.4, -0.2) is 26.9 Å². The minimum atomic E-state index is -0.191. The molecule has 0 aliphatic heterocycles. The molecule has 2 aromatic carbocycles. The minimum absolute atomic E-state index is 0.191. The zero-order valence-electron chi connectivity index (χ0n) is 15.9. The molecule has 0 spiro atoms. The highest BCUT2D eigenvalue weighted by atomic mass is 16.5. The van der Waals surface area contributed by atoms with Crippen molar-refractivity contribution in [1.29, 1.82) is 0 Å². The van der Waals surface area contributed by atoms with E-state index in [1.807, 2.05) is 78.3 Å². The fourth-order valence-electron chi connectivity index (χ4n) is 2.89. The van der Waals surface area contributed by atoms with E-state index in [0.29, 0.717) is 12.4 Å². The maximum absolute atomic E-state index is 12.2. The van der Waals surface area contributed by atoms with E-state index in [1.54, 1.807) is 12.3 Å². The monoisotopic (exact) mass is 384 g/mol. The van der Waals surface area contributed by atoms with Gasteiger partial charge in [-0.2, -0.15) is 0 Å². The van der Waals surface area contributed by atoms with Gasteiger partial charge in [0.05, 0.1) is 12.3 Å².